The predicted molar refractivity (Wildman–Crippen MR) is 115 cm³/mol. The molecule has 2 fully saturated rings. The van der Waals surface area contributed by atoms with Crippen LogP contribution in [-0.4, -0.2) is 44.8 Å². The second-order valence-electron chi connectivity index (χ2n) is 8.01. The maximum Gasteiger partial charge on any atom is 0.416 e. The summed E-state index contributed by atoms with van der Waals surface area (Å²) < 4.78 is 66.4. The molecule has 2 heterocycles. The average molecular weight is 468 g/mol. The quantitative estimate of drug-likeness (QED) is 0.710. The van der Waals surface area contributed by atoms with Crippen LogP contribution in [0.3, 0.4) is 0 Å². The van der Waals surface area contributed by atoms with Crippen LogP contribution >= 0.6 is 0 Å². The van der Waals surface area contributed by atoms with Gasteiger partial charge in [0.2, 0.25) is 10.0 Å². The van der Waals surface area contributed by atoms with Crippen molar-refractivity contribution in [2.75, 3.05) is 36.4 Å². The Morgan fingerprint density at radius 1 is 0.875 bits per heavy atom. The minimum Gasteiger partial charge on any atom is -0.370 e. The highest BCUT2D eigenvalue weighted by atomic mass is 32.2. The number of amides is 1. The first-order chi connectivity index (χ1) is 15.2. The molecule has 0 bridgehead atoms. The van der Waals surface area contributed by atoms with Crippen LogP contribution < -0.4 is 10.2 Å². The Labute approximate surface area is 185 Å². The van der Waals surface area contributed by atoms with Crippen LogP contribution in [0.25, 0.3) is 0 Å². The number of sulfonamides is 1. The number of hydrogen-bond donors (Lipinski definition) is 1. The van der Waals surface area contributed by atoms with Gasteiger partial charge in [-0.1, -0.05) is 0 Å². The Morgan fingerprint density at radius 2 is 1.47 bits per heavy atom. The van der Waals surface area contributed by atoms with Gasteiger partial charge >= 0.3 is 6.18 Å². The molecular weight excluding hydrogens is 443 g/mol. The minimum atomic E-state index is -4.53. The lowest BCUT2D eigenvalue weighted by atomic mass is 10.1. The zero-order valence-corrected chi connectivity index (χ0v) is 18.2. The summed E-state index contributed by atoms with van der Waals surface area (Å²) >= 11 is 0. The first kappa shape index (κ1) is 22.6. The second kappa shape index (κ2) is 8.74. The van der Waals surface area contributed by atoms with E-state index in [1.54, 1.807) is 0 Å². The van der Waals surface area contributed by atoms with Gasteiger partial charge in [-0.2, -0.15) is 17.5 Å². The van der Waals surface area contributed by atoms with Gasteiger partial charge < -0.3 is 10.2 Å². The van der Waals surface area contributed by atoms with Crippen LogP contribution in [0.15, 0.2) is 47.4 Å². The molecule has 0 radical (unpaired) electrons. The molecule has 2 aromatic rings. The minimum absolute atomic E-state index is 0.0838. The zero-order valence-electron chi connectivity index (χ0n) is 17.4. The number of nitrogens with one attached hydrogen (secondary N) is 1. The van der Waals surface area contributed by atoms with Crippen molar-refractivity contribution >= 4 is 27.3 Å². The van der Waals surface area contributed by atoms with Crippen LogP contribution in [0.1, 0.15) is 41.6 Å². The van der Waals surface area contributed by atoms with Gasteiger partial charge in [0.25, 0.3) is 5.91 Å². The molecular formula is C22H24F3N3O3S. The van der Waals surface area contributed by atoms with Crippen LogP contribution in [0.4, 0.5) is 24.5 Å². The van der Waals surface area contributed by atoms with Crippen molar-refractivity contribution in [3.8, 4) is 0 Å². The van der Waals surface area contributed by atoms with Crippen molar-refractivity contribution in [1.82, 2.24) is 4.31 Å². The highest BCUT2D eigenvalue weighted by Gasteiger charge is 2.32. The van der Waals surface area contributed by atoms with Gasteiger partial charge in [0, 0.05) is 31.7 Å². The van der Waals surface area contributed by atoms with Crippen molar-refractivity contribution in [3.05, 3.63) is 53.6 Å². The molecule has 2 saturated heterocycles. The van der Waals surface area contributed by atoms with Gasteiger partial charge in [0.05, 0.1) is 21.8 Å². The van der Waals surface area contributed by atoms with E-state index in [9.17, 15) is 26.4 Å². The molecule has 1 amide bonds. The Balaban J connectivity index is 1.58. The summed E-state index contributed by atoms with van der Waals surface area (Å²) in [5.74, 6) is -0.602. The normalized spacial score (nSPS) is 17.7. The standard InChI is InChI=1S/C22H24F3N3O3S/c23-22(24,25)17-7-10-20(27-11-1-2-12-27)19(15-17)26-21(29)16-5-8-18(9-6-16)32(30,31)28-13-3-4-14-28/h5-10,15H,1-4,11-14H2,(H,26,29). The summed E-state index contributed by atoms with van der Waals surface area (Å²) in [5, 5.41) is 2.59. The number of nitrogens with zero attached hydrogens (tertiary/aromatic N) is 2. The molecule has 0 saturated carbocycles. The number of anilines is 2. The fourth-order valence-corrected chi connectivity index (χ4v) is 5.61. The predicted octanol–water partition coefficient (Wildman–Crippen LogP) is 4.34. The lowest BCUT2D eigenvalue weighted by Gasteiger charge is -2.23. The largest absolute Gasteiger partial charge is 0.416 e. The molecule has 0 aromatic heterocycles. The Morgan fingerprint density at radius 3 is 2.06 bits per heavy atom. The first-order valence-electron chi connectivity index (χ1n) is 10.5. The average Bonchev–Trinajstić information content (AvgIpc) is 3.48. The highest BCUT2D eigenvalue weighted by molar-refractivity contribution is 7.89. The van der Waals surface area contributed by atoms with Crippen LogP contribution in [-0.2, 0) is 16.2 Å². The van der Waals surface area contributed by atoms with Crippen molar-refractivity contribution in [2.45, 2.75) is 36.8 Å². The molecule has 2 aliphatic rings. The van der Waals surface area contributed by atoms with Crippen LogP contribution in [0.2, 0.25) is 0 Å². The fraction of sp³-hybridized carbons (Fsp3) is 0.409. The number of alkyl halides is 3. The van der Waals surface area contributed by atoms with Gasteiger partial charge in [-0.25, -0.2) is 8.42 Å². The molecule has 2 aromatic carbocycles. The van der Waals surface area contributed by atoms with E-state index in [-0.39, 0.29) is 16.1 Å². The summed E-state index contributed by atoms with van der Waals surface area (Å²) in [5.41, 5.74) is -0.0597. The third-order valence-corrected chi connectivity index (χ3v) is 7.75. The molecule has 1 N–H and O–H groups in total. The van der Waals surface area contributed by atoms with Gasteiger partial charge in [-0.05, 0) is 68.1 Å². The molecule has 4 rings (SSSR count). The monoisotopic (exact) mass is 467 g/mol. The number of rotatable bonds is 5. The van der Waals surface area contributed by atoms with E-state index in [1.165, 1.54) is 34.6 Å². The molecule has 0 aliphatic carbocycles. The molecule has 6 nitrogen and oxygen atoms in total. The van der Waals surface area contributed by atoms with Gasteiger partial charge in [0.1, 0.15) is 0 Å². The van der Waals surface area contributed by atoms with E-state index in [4.69, 9.17) is 0 Å². The molecule has 2 aliphatic heterocycles. The summed E-state index contributed by atoms with van der Waals surface area (Å²) in [6.45, 7) is 2.35. The second-order valence-corrected chi connectivity index (χ2v) is 9.95. The number of carbonyl (C=O) groups is 1. The number of benzene rings is 2. The van der Waals surface area contributed by atoms with Crippen molar-refractivity contribution in [2.24, 2.45) is 0 Å². The molecule has 32 heavy (non-hydrogen) atoms. The molecule has 0 unspecified atom stereocenters. The highest BCUT2D eigenvalue weighted by Crippen LogP contribution is 2.36. The van der Waals surface area contributed by atoms with E-state index < -0.39 is 27.7 Å². The third-order valence-electron chi connectivity index (χ3n) is 5.84. The number of hydrogen-bond acceptors (Lipinski definition) is 4. The molecule has 10 heteroatoms. The van der Waals surface area contributed by atoms with Gasteiger partial charge in [-0.15, -0.1) is 0 Å². The van der Waals surface area contributed by atoms with E-state index in [0.717, 1.165) is 37.8 Å². The maximum absolute atomic E-state index is 13.2. The van der Waals surface area contributed by atoms with E-state index in [2.05, 4.69) is 5.32 Å². The lowest BCUT2D eigenvalue weighted by molar-refractivity contribution is -0.137. The van der Waals surface area contributed by atoms with Crippen molar-refractivity contribution in [1.29, 1.82) is 0 Å². The molecule has 0 atom stereocenters. The SMILES string of the molecule is O=C(Nc1cc(C(F)(F)F)ccc1N1CCCC1)c1ccc(S(=O)(=O)N2CCCC2)cc1. The summed E-state index contributed by atoms with van der Waals surface area (Å²) in [4.78, 5) is 14.8. The third kappa shape index (κ3) is 4.61. The van der Waals surface area contributed by atoms with Gasteiger partial charge in [0.15, 0.2) is 0 Å². The molecule has 172 valence electrons. The summed E-state index contributed by atoms with van der Waals surface area (Å²) in [6, 6.07) is 8.81. The zero-order chi connectivity index (χ0) is 22.9. The Hall–Kier alpha value is -2.59. The smallest absolute Gasteiger partial charge is 0.370 e. The van der Waals surface area contributed by atoms with Crippen LogP contribution in [0.5, 0.6) is 0 Å². The van der Waals surface area contributed by atoms with Gasteiger partial charge in [-0.3, -0.25) is 4.79 Å². The lowest BCUT2D eigenvalue weighted by Crippen LogP contribution is -2.27. The molecule has 0 spiro atoms. The Bertz CT molecular complexity index is 1090. The van der Waals surface area contributed by atoms with E-state index >= 15 is 0 Å². The number of carbonyl (C=O) groups excluding carboxylic acids is 1. The van der Waals surface area contributed by atoms with Crippen LogP contribution in [0, 0.1) is 0 Å². The van der Waals surface area contributed by atoms with E-state index in [1.807, 2.05) is 4.90 Å². The fourth-order valence-electron chi connectivity index (χ4n) is 4.10. The van der Waals surface area contributed by atoms with Crippen molar-refractivity contribution < 1.29 is 26.4 Å². The summed E-state index contributed by atoms with van der Waals surface area (Å²) in [7, 11) is -3.61. The van der Waals surface area contributed by atoms with E-state index in [0.29, 0.717) is 31.9 Å². The summed E-state index contributed by atoms with van der Waals surface area (Å²) in [6.07, 6.45) is -1.04. The van der Waals surface area contributed by atoms with Crippen molar-refractivity contribution in [3.63, 3.8) is 0 Å². The Kier molecular flexibility index (Phi) is 6.17. The topological polar surface area (TPSA) is 69.7 Å². The maximum atomic E-state index is 13.2. The number of halogens is 3. The first-order valence-corrected chi connectivity index (χ1v) is 12.0.